The summed E-state index contributed by atoms with van der Waals surface area (Å²) in [5, 5.41) is 1.42. The number of para-hydroxylation sites is 1. The van der Waals surface area contributed by atoms with Crippen molar-refractivity contribution in [2.75, 3.05) is 33.2 Å². The van der Waals surface area contributed by atoms with Gasteiger partial charge in [-0.1, -0.05) is 41.4 Å². The number of halogens is 2. The highest BCUT2D eigenvalue weighted by molar-refractivity contribution is 6.35. The van der Waals surface area contributed by atoms with Crippen LogP contribution < -0.4 is 4.74 Å². The van der Waals surface area contributed by atoms with Gasteiger partial charge in [-0.3, -0.25) is 4.90 Å². The Bertz CT molecular complexity index is 803. The molecule has 3 nitrogen and oxygen atoms in total. The van der Waals surface area contributed by atoms with Gasteiger partial charge >= 0.3 is 0 Å². The van der Waals surface area contributed by atoms with E-state index in [1.807, 2.05) is 30.3 Å². The molecular formula is C21H24Cl2N2O. The molecule has 0 bridgehead atoms. The summed E-state index contributed by atoms with van der Waals surface area (Å²) >= 11 is 12.9. The quantitative estimate of drug-likeness (QED) is 0.761. The zero-order valence-electron chi connectivity index (χ0n) is 15.2. The maximum Gasteiger partial charge on any atom is 0.140 e. The van der Waals surface area contributed by atoms with Crippen LogP contribution in [-0.4, -0.2) is 49.1 Å². The first-order chi connectivity index (χ1) is 12.5. The lowest BCUT2D eigenvalue weighted by Crippen LogP contribution is -2.51. The van der Waals surface area contributed by atoms with Crippen LogP contribution in [0.2, 0.25) is 10.0 Å². The van der Waals surface area contributed by atoms with Crippen LogP contribution in [0.1, 0.15) is 22.8 Å². The van der Waals surface area contributed by atoms with Gasteiger partial charge < -0.3 is 9.64 Å². The summed E-state index contributed by atoms with van der Waals surface area (Å²) in [7, 11) is 2.18. The number of hydrogen-bond donors (Lipinski definition) is 0. The van der Waals surface area contributed by atoms with E-state index in [0.717, 1.165) is 54.5 Å². The number of rotatable bonds is 3. The highest BCUT2D eigenvalue weighted by Crippen LogP contribution is 2.43. The minimum absolute atomic E-state index is 0.0503. The van der Waals surface area contributed by atoms with Crippen molar-refractivity contribution < 1.29 is 4.74 Å². The Balaban J connectivity index is 1.69. The highest BCUT2D eigenvalue weighted by Gasteiger charge is 2.40. The molecule has 0 aromatic heterocycles. The van der Waals surface area contributed by atoms with E-state index in [-0.39, 0.29) is 12.1 Å². The van der Waals surface area contributed by atoms with Crippen LogP contribution in [0.4, 0.5) is 0 Å². The van der Waals surface area contributed by atoms with Crippen molar-refractivity contribution in [2.24, 2.45) is 0 Å². The van der Waals surface area contributed by atoms with E-state index in [2.05, 4.69) is 29.8 Å². The largest absolute Gasteiger partial charge is 0.484 e. The summed E-state index contributed by atoms with van der Waals surface area (Å²) in [5.74, 6) is 0.931. The van der Waals surface area contributed by atoms with Gasteiger partial charge in [0.25, 0.3) is 0 Å². The van der Waals surface area contributed by atoms with Gasteiger partial charge in [-0.2, -0.15) is 0 Å². The van der Waals surface area contributed by atoms with Gasteiger partial charge in [0.15, 0.2) is 0 Å². The first-order valence-corrected chi connectivity index (χ1v) is 9.91. The Kier molecular flexibility index (Phi) is 5.15. The van der Waals surface area contributed by atoms with Crippen molar-refractivity contribution >= 4 is 23.2 Å². The van der Waals surface area contributed by atoms with Crippen LogP contribution in [0.5, 0.6) is 5.75 Å². The number of likely N-dealkylation sites (N-methyl/N-ethyl adjacent to an activating group) is 1. The van der Waals surface area contributed by atoms with Crippen LogP contribution in [0.25, 0.3) is 0 Å². The van der Waals surface area contributed by atoms with Gasteiger partial charge in [0.2, 0.25) is 0 Å². The summed E-state index contributed by atoms with van der Waals surface area (Å²) in [6, 6.07) is 12.3. The molecule has 5 heteroatoms. The minimum Gasteiger partial charge on any atom is -0.484 e. The molecule has 1 aliphatic heterocycles. The minimum atomic E-state index is -0.0503. The SMILES string of the molecule is Cc1ccccc1O[C@H]1c2cc(Cl)cc(Cl)c2C[C@@H]1N1CCN(C)CC1. The maximum atomic E-state index is 6.56. The number of nitrogens with zero attached hydrogens (tertiary/aromatic N) is 2. The number of hydrogen-bond acceptors (Lipinski definition) is 3. The molecule has 2 aromatic carbocycles. The molecule has 2 aromatic rings. The van der Waals surface area contributed by atoms with Crippen molar-refractivity contribution in [1.29, 1.82) is 0 Å². The van der Waals surface area contributed by atoms with Crippen LogP contribution in [0.15, 0.2) is 36.4 Å². The Morgan fingerprint density at radius 1 is 1.04 bits per heavy atom. The number of piperazine rings is 1. The smallest absolute Gasteiger partial charge is 0.140 e. The van der Waals surface area contributed by atoms with Crippen molar-refractivity contribution in [3.63, 3.8) is 0 Å². The first kappa shape index (κ1) is 18.1. The number of benzene rings is 2. The number of fused-ring (bicyclic) bond motifs is 1. The van der Waals surface area contributed by atoms with E-state index < -0.39 is 0 Å². The van der Waals surface area contributed by atoms with Crippen LogP contribution >= 0.6 is 23.2 Å². The predicted octanol–water partition coefficient (Wildman–Crippen LogP) is 4.59. The highest BCUT2D eigenvalue weighted by atomic mass is 35.5. The van der Waals surface area contributed by atoms with E-state index >= 15 is 0 Å². The Morgan fingerprint density at radius 3 is 2.50 bits per heavy atom. The molecule has 0 unspecified atom stereocenters. The lowest BCUT2D eigenvalue weighted by atomic mass is 10.1. The fourth-order valence-electron chi connectivity index (χ4n) is 4.06. The van der Waals surface area contributed by atoms with E-state index in [9.17, 15) is 0 Å². The van der Waals surface area contributed by atoms with E-state index in [0.29, 0.717) is 5.02 Å². The number of aryl methyl sites for hydroxylation is 1. The molecule has 0 spiro atoms. The molecule has 0 amide bonds. The van der Waals surface area contributed by atoms with Gasteiger partial charge in [0, 0.05) is 41.8 Å². The second kappa shape index (κ2) is 7.40. The summed E-state index contributed by atoms with van der Waals surface area (Å²) in [5.41, 5.74) is 3.46. The third-order valence-electron chi connectivity index (χ3n) is 5.62. The average molecular weight is 391 g/mol. The average Bonchev–Trinajstić information content (AvgIpc) is 2.96. The first-order valence-electron chi connectivity index (χ1n) is 9.15. The molecule has 0 saturated carbocycles. The van der Waals surface area contributed by atoms with Gasteiger partial charge in [0.05, 0.1) is 6.04 Å². The third kappa shape index (κ3) is 3.46. The molecule has 1 aliphatic carbocycles. The van der Waals surface area contributed by atoms with Gasteiger partial charge in [0.1, 0.15) is 11.9 Å². The topological polar surface area (TPSA) is 15.7 Å². The molecular weight excluding hydrogens is 367 g/mol. The van der Waals surface area contributed by atoms with Crippen LogP contribution in [0.3, 0.4) is 0 Å². The molecule has 0 radical (unpaired) electrons. The molecule has 2 atom stereocenters. The second-order valence-electron chi connectivity index (χ2n) is 7.37. The van der Waals surface area contributed by atoms with Crippen molar-refractivity contribution in [3.05, 3.63) is 63.1 Å². The Labute approximate surface area is 165 Å². The molecule has 1 heterocycles. The van der Waals surface area contributed by atoms with E-state index in [1.165, 1.54) is 5.56 Å². The summed E-state index contributed by atoms with van der Waals surface area (Å²) in [6.07, 6.45) is 0.858. The fraction of sp³-hybridized carbons (Fsp3) is 0.429. The molecule has 138 valence electrons. The lowest BCUT2D eigenvalue weighted by Gasteiger charge is -2.38. The standard InChI is InChI=1S/C21H24Cl2N2O/c1-14-5-3-4-6-20(14)26-21-17-11-15(22)12-18(23)16(17)13-19(21)25-9-7-24(2)8-10-25/h3-6,11-12,19,21H,7-10,13H2,1-2H3/t19-,21-/m0/s1. The second-order valence-corrected chi connectivity index (χ2v) is 8.21. The molecule has 2 aliphatic rings. The predicted molar refractivity (Wildman–Crippen MR) is 108 cm³/mol. The zero-order chi connectivity index (χ0) is 18.3. The summed E-state index contributed by atoms with van der Waals surface area (Å²) in [6.45, 7) is 6.35. The number of ether oxygens (including phenoxy) is 1. The Morgan fingerprint density at radius 2 is 1.77 bits per heavy atom. The van der Waals surface area contributed by atoms with Gasteiger partial charge in [-0.05, 0) is 49.7 Å². The maximum absolute atomic E-state index is 6.56. The fourth-order valence-corrected chi connectivity index (χ4v) is 4.64. The lowest BCUT2D eigenvalue weighted by molar-refractivity contribution is 0.0451. The van der Waals surface area contributed by atoms with E-state index in [4.69, 9.17) is 27.9 Å². The third-order valence-corrected chi connectivity index (χ3v) is 6.17. The van der Waals surface area contributed by atoms with E-state index in [1.54, 1.807) is 0 Å². The van der Waals surface area contributed by atoms with Crippen LogP contribution in [0, 0.1) is 6.92 Å². The monoisotopic (exact) mass is 390 g/mol. The van der Waals surface area contributed by atoms with Crippen molar-refractivity contribution in [3.8, 4) is 5.75 Å². The Hall–Kier alpha value is -1.26. The molecule has 26 heavy (non-hydrogen) atoms. The van der Waals surface area contributed by atoms with Crippen molar-refractivity contribution in [2.45, 2.75) is 25.5 Å². The zero-order valence-corrected chi connectivity index (χ0v) is 16.7. The van der Waals surface area contributed by atoms with Gasteiger partial charge in [-0.15, -0.1) is 0 Å². The summed E-state index contributed by atoms with van der Waals surface area (Å²) < 4.78 is 6.56. The van der Waals surface area contributed by atoms with Gasteiger partial charge in [-0.25, -0.2) is 0 Å². The van der Waals surface area contributed by atoms with Crippen LogP contribution in [-0.2, 0) is 6.42 Å². The van der Waals surface area contributed by atoms with Crippen molar-refractivity contribution in [1.82, 2.24) is 9.80 Å². The summed E-state index contributed by atoms with van der Waals surface area (Å²) in [4.78, 5) is 4.92. The molecule has 1 saturated heterocycles. The molecule has 4 rings (SSSR count). The molecule has 1 fully saturated rings. The normalized spacial score (nSPS) is 23.8. The molecule has 0 N–H and O–H groups in total.